The summed E-state index contributed by atoms with van der Waals surface area (Å²) in [6, 6.07) is 0. The van der Waals surface area contributed by atoms with Gasteiger partial charge < -0.3 is 104 Å². The summed E-state index contributed by atoms with van der Waals surface area (Å²) in [6.45, 7) is 8.45. The molecular formula is C50H83NO22. The highest BCUT2D eigenvalue weighted by atomic mass is 17.2. The fourth-order valence-corrected chi connectivity index (χ4v) is 15.9. The third-order valence-corrected chi connectivity index (χ3v) is 20.2. The SMILES string of the molecule is CC1CCC2(CC3OC4C5CCC6CC(OC7OC(CO)C(OC8C(CO)OC(O)C(OOC9OC(CO)C(O)C(O)C9O)C8OC8CC(O)C(O)C(O)O8)C(O)C7O)CCC6(C)C5CCC4(C)C3C2C)NC1. The second-order valence-corrected chi connectivity index (χ2v) is 24.1. The van der Waals surface area contributed by atoms with Crippen molar-refractivity contribution in [2.24, 2.45) is 46.3 Å². The number of ether oxygens (including phenoxy) is 8. The molecule has 0 radical (unpaired) electrons. The second-order valence-electron chi connectivity index (χ2n) is 24.1. The van der Waals surface area contributed by atoms with Crippen molar-refractivity contribution >= 4 is 0 Å². The fraction of sp³-hybridized carbons (Fsp3) is 1.00. The van der Waals surface area contributed by atoms with Crippen molar-refractivity contribution < 1.29 is 109 Å². The number of aliphatic hydroxyl groups excluding tert-OH is 12. The molecule has 10 fully saturated rings. The van der Waals surface area contributed by atoms with Crippen molar-refractivity contribution in [3.05, 3.63) is 0 Å². The molecule has 0 bridgehead atoms. The maximum Gasteiger partial charge on any atom is 0.220 e. The van der Waals surface area contributed by atoms with E-state index >= 15 is 0 Å². The molecule has 420 valence electrons. The van der Waals surface area contributed by atoms with E-state index in [0.717, 1.165) is 51.5 Å². The number of hydrogen-bond acceptors (Lipinski definition) is 23. The average Bonchev–Trinajstić information content (AvgIpc) is 3.82. The summed E-state index contributed by atoms with van der Waals surface area (Å²) in [6.07, 6.45) is -22.4. The third-order valence-electron chi connectivity index (χ3n) is 20.2. The van der Waals surface area contributed by atoms with Gasteiger partial charge in [-0.1, -0.05) is 27.7 Å². The Morgan fingerprint density at radius 1 is 0.562 bits per heavy atom. The molecule has 4 aliphatic carbocycles. The highest BCUT2D eigenvalue weighted by molar-refractivity contribution is 5.19. The summed E-state index contributed by atoms with van der Waals surface area (Å²) in [5, 5.41) is 132. The highest BCUT2D eigenvalue weighted by Crippen LogP contribution is 2.69. The van der Waals surface area contributed by atoms with Gasteiger partial charge in [0.05, 0.1) is 44.2 Å². The van der Waals surface area contributed by atoms with E-state index in [1.54, 1.807) is 0 Å². The van der Waals surface area contributed by atoms with Gasteiger partial charge in [0.15, 0.2) is 31.3 Å². The van der Waals surface area contributed by atoms with Crippen LogP contribution in [-0.4, -0.2) is 228 Å². The van der Waals surface area contributed by atoms with Crippen LogP contribution in [0.5, 0.6) is 0 Å². The summed E-state index contributed by atoms with van der Waals surface area (Å²) < 4.78 is 48.8. The molecule has 6 aliphatic heterocycles. The molecule has 0 aromatic rings. The van der Waals surface area contributed by atoms with Crippen LogP contribution in [0.3, 0.4) is 0 Å². The average molecular weight is 1050 g/mol. The van der Waals surface area contributed by atoms with Gasteiger partial charge in [-0.25, -0.2) is 9.78 Å². The molecule has 31 atom stereocenters. The smallest absolute Gasteiger partial charge is 0.220 e. The van der Waals surface area contributed by atoms with E-state index < -0.39 is 143 Å². The van der Waals surface area contributed by atoms with Gasteiger partial charge in [0.25, 0.3) is 0 Å². The van der Waals surface area contributed by atoms with Crippen LogP contribution in [0.15, 0.2) is 0 Å². The van der Waals surface area contributed by atoms with Gasteiger partial charge in [-0.05, 0) is 117 Å². The first-order valence-electron chi connectivity index (χ1n) is 27.0. The maximum atomic E-state index is 11.8. The summed E-state index contributed by atoms with van der Waals surface area (Å²) >= 11 is 0. The zero-order chi connectivity index (χ0) is 52.1. The van der Waals surface area contributed by atoms with E-state index in [1.807, 2.05) is 0 Å². The second kappa shape index (κ2) is 21.6. The van der Waals surface area contributed by atoms with Crippen LogP contribution in [0.25, 0.3) is 0 Å². The Balaban J connectivity index is 0.803. The van der Waals surface area contributed by atoms with Crippen LogP contribution in [0.2, 0.25) is 0 Å². The molecule has 6 heterocycles. The van der Waals surface area contributed by atoms with E-state index in [0.29, 0.717) is 41.9 Å². The Morgan fingerprint density at radius 3 is 1.96 bits per heavy atom. The van der Waals surface area contributed by atoms with E-state index in [-0.39, 0.29) is 34.7 Å². The molecule has 10 aliphatic rings. The summed E-state index contributed by atoms with van der Waals surface area (Å²) in [4.78, 5) is 10.8. The van der Waals surface area contributed by atoms with Crippen LogP contribution in [0.1, 0.15) is 98.3 Å². The van der Waals surface area contributed by atoms with Crippen molar-refractivity contribution in [1.29, 1.82) is 0 Å². The summed E-state index contributed by atoms with van der Waals surface area (Å²) in [5.41, 5.74) is 0.383. The predicted octanol–water partition coefficient (Wildman–Crippen LogP) is -2.62. The lowest BCUT2D eigenvalue weighted by molar-refractivity contribution is -0.478. The minimum Gasteiger partial charge on any atom is -0.394 e. The molecule has 13 N–H and O–H groups in total. The molecule has 0 aromatic heterocycles. The molecule has 0 amide bonds. The number of fused-ring (bicyclic) bond motifs is 7. The number of rotatable bonds is 12. The van der Waals surface area contributed by atoms with Crippen LogP contribution in [-0.2, 0) is 47.7 Å². The minimum atomic E-state index is -2.05. The monoisotopic (exact) mass is 1050 g/mol. The van der Waals surface area contributed by atoms with Crippen LogP contribution in [0.4, 0.5) is 0 Å². The van der Waals surface area contributed by atoms with Crippen molar-refractivity contribution in [3.8, 4) is 0 Å². The molecule has 31 unspecified atom stereocenters. The van der Waals surface area contributed by atoms with Crippen LogP contribution < -0.4 is 5.32 Å². The zero-order valence-electron chi connectivity index (χ0n) is 42.2. The minimum absolute atomic E-state index is 0.0643. The molecular weight excluding hydrogens is 967 g/mol. The highest BCUT2D eigenvalue weighted by Gasteiger charge is 2.69. The lowest BCUT2D eigenvalue weighted by atomic mass is 9.45. The van der Waals surface area contributed by atoms with Crippen molar-refractivity contribution in [3.63, 3.8) is 0 Å². The van der Waals surface area contributed by atoms with E-state index in [2.05, 4.69) is 33.0 Å². The van der Waals surface area contributed by atoms with E-state index in [1.165, 1.54) is 12.8 Å². The van der Waals surface area contributed by atoms with Gasteiger partial charge in [0.2, 0.25) is 6.29 Å². The number of aliphatic hydroxyl groups is 12. The lowest BCUT2D eigenvalue weighted by Crippen LogP contribution is -2.67. The third kappa shape index (κ3) is 9.80. The fourth-order valence-electron chi connectivity index (χ4n) is 15.9. The Bertz CT molecular complexity index is 1840. The number of nitrogens with one attached hydrogen (secondary N) is 1. The normalized spacial score (nSPS) is 57.2. The number of hydrogen-bond donors (Lipinski definition) is 13. The van der Waals surface area contributed by atoms with Crippen LogP contribution in [0, 0.1) is 46.3 Å². The molecule has 23 heteroatoms. The Labute approximate surface area is 425 Å². The van der Waals surface area contributed by atoms with E-state index in [9.17, 15) is 61.3 Å². The largest absolute Gasteiger partial charge is 0.394 e. The first kappa shape index (κ1) is 55.4. The van der Waals surface area contributed by atoms with Crippen LogP contribution >= 0.6 is 0 Å². The van der Waals surface area contributed by atoms with Crippen molar-refractivity contribution in [2.45, 2.75) is 239 Å². The molecule has 10 rings (SSSR count). The standard InChI is InChI=1S/C50H83NO22/c1-20-7-12-50(51-16-20)15-27-32(21(50)2)49(4)11-9-25-24(43(49)65-27)6-5-22-13-23(8-10-48(22,25)3)64-46-38(61)36(59)39(29(18-53)68-46)71-40-30(19-54)66-45(63)42(41(40)69-31-14-26(55)33(56)44(62)70-31)72-73-47-37(60)35(58)34(57)28(17-52)67-47/h20-47,51-63H,5-19H2,1-4H3. The zero-order valence-corrected chi connectivity index (χ0v) is 42.2. The van der Waals surface area contributed by atoms with Gasteiger partial charge in [0.1, 0.15) is 73.2 Å². The molecule has 23 nitrogen and oxygen atoms in total. The van der Waals surface area contributed by atoms with Gasteiger partial charge in [-0.3, -0.25) is 0 Å². The molecule has 4 saturated carbocycles. The van der Waals surface area contributed by atoms with Gasteiger partial charge >= 0.3 is 0 Å². The van der Waals surface area contributed by atoms with Crippen molar-refractivity contribution in [2.75, 3.05) is 26.4 Å². The quantitative estimate of drug-likeness (QED) is 0.0541. The predicted molar refractivity (Wildman–Crippen MR) is 245 cm³/mol. The van der Waals surface area contributed by atoms with Gasteiger partial charge in [0, 0.05) is 12.0 Å². The molecule has 1 spiro atoms. The first-order chi connectivity index (χ1) is 34.7. The van der Waals surface area contributed by atoms with Crippen molar-refractivity contribution in [1.82, 2.24) is 5.32 Å². The summed E-state index contributed by atoms with van der Waals surface area (Å²) in [7, 11) is 0. The maximum absolute atomic E-state index is 11.8. The Hall–Kier alpha value is -0.920. The summed E-state index contributed by atoms with van der Waals surface area (Å²) in [5.74, 6) is 3.15. The lowest BCUT2D eigenvalue weighted by Gasteiger charge is -2.61. The topological polar surface area (TPSA) is 347 Å². The first-order valence-corrected chi connectivity index (χ1v) is 27.0. The van der Waals surface area contributed by atoms with Gasteiger partial charge in [-0.15, -0.1) is 0 Å². The Morgan fingerprint density at radius 2 is 1.26 bits per heavy atom. The van der Waals surface area contributed by atoms with Gasteiger partial charge in [-0.2, -0.15) is 0 Å². The Kier molecular flexibility index (Phi) is 16.4. The van der Waals surface area contributed by atoms with E-state index in [4.69, 9.17) is 47.7 Å². The molecule has 6 saturated heterocycles. The molecule has 0 aromatic carbocycles. The molecule has 73 heavy (non-hydrogen) atoms. The number of piperidine rings is 1.